The number of hydrogen-bond donors (Lipinski definition) is 0. The van der Waals surface area contributed by atoms with Gasteiger partial charge in [0.15, 0.2) is 4.80 Å². The number of esters is 1. The fraction of sp³-hybridized carbons (Fsp3) is 0.318. The lowest BCUT2D eigenvalue weighted by Gasteiger charge is -2.05. The summed E-state index contributed by atoms with van der Waals surface area (Å²) in [5.74, 6) is 0.116. The SMILES string of the molecule is CCOc1ccc(CC(=O)N=c2sc3c(C)cc(C)cc3n2CC(=O)OC)cc1. The topological polar surface area (TPSA) is 69.9 Å². The third-order valence-electron chi connectivity index (χ3n) is 4.44. The molecule has 0 fully saturated rings. The number of thiazole rings is 1. The van der Waals surface area contributed by atoms with Crippen LogP contribution in [0.25, 0.3) is 10.2 Å². The van der Waals surface area contributed by atoms with E-state index in [0.717, 1.165) is 32.7 Å². The van der Waals surface area contributed by atoms with E-state index in [4.69, 9.17) is 9.47 Å². The van der Waals surface area contributed by atoms with Gasteiger partial charge in [0, 0.05) is 0 Å². The standard InChI is InChI=1S/C22H24N2O4S/c1-5-28-17-8-6-16(7-9-17)12-19(25)23-22-24(13-20(26)27-4)18-11-14(2)10-15(3)21(18)29-22/h6-11H,5,12-13H2,1-4H3. The molecule has 0 atom stereocenters. The Morgan fingerprint density at radius 2 is 1.86 bits per heavy atom. The van der Waals surface area contributed by atoms with Crippen molar-refractivity contribution in [3.8, 4) is 5.75 Å². The summed E-state index contributed by atoms with van der Waals surface area (Å²) < 4.78 is 13.0. The molecule has 1 amide bonds. The van der Waals surface area contributed by atoms with Crippen LogP contribution in [0.5, 0.6) is 5.75 Å². The second-order valence-corrected chi connectivity index (χ2v) is 7.71. The number of benzene rings is 2. The zero-order valence-electron chi connectivity index (χ0n) is 17.0. The molecule has 1 aromatic heterocycles. The number of carbonyl (C=O) groups is 2. The number of carbonyl (C=O) groups excluding carboxylic acids is 2. The van der Waals surface area contributed by atoms with E-state index in [1.807, 2.05) is 51.1 Å². The largest absolute Gasteiger partial charge is 0.494 e. The minimum Gasteiger partial charge on any atom is -0.494 e. The number of hydrogen-bond acceptors (Lipinski definition) is 5. The molecule has 6 nitrogen and oxygen atoms in total. The average molecular weight is 413 g/mol. The monoisotopic (exact) mass is 412 g/mol. The van der Waals surface area contributed by atoms with E-state index in [0.29, 0.717) is 11.4 Å². The van der Waals surface area contributed by atoms with Gasteiger partial charge in [-0.25, -0.2) is 0 Å². The summed E-state index contributed by atoms with van der Waals surface area (Å²) in [6.45, 7) is 6.54. The van der Waals surface area contributed by atoms with Crippen molar-refractivity contribution in [2.45, 2.75) is 33.7 Å². The number of methoxy groups -OCH3 is 1. The van der Waals surface area contributed by atoms with Crippen LogP contribution < -0.4 is 9.54 Å². The molecule has 0 unspecified atom stereocenters. The van der Waals surface area contributed by atoms with Gasteiger partial charge in [-0.2, -0.15) is 4.99 Å². The van der Waals surface area contributed by atoms with Crippen LogP contribution in [0.1, 0.15) is 23.6 Å². The number of amides is 1. The summed E-state index contributed by atoms with van der Waals surface area (Å²) in [5.41, 5.74) is 3.91. The van der Waals surface area contributed by atoms with Crippen LogP contribution in [0.3, 0.4) is 0 Å². The van der Waals surface area contributed by atoms with E-state index >= 15 is 0 Å². The second-order valence-electron chi connectivity index (χ2n) is 6.74. The second kappa shape index (κ2) is 9.05. The Hall–Kier alpha value is -2.93. The van der Waals surface area contributed by atoms with Gasteiger partial charge in [-0.3, -0.25) is 9.59 Å². The minimum absolute atomic E-state index is 0.00849. The summed E-state index contributed by atoms with van der Waals surface area (Å²) in [6, 6.07) is 11.5. The maximum absolute atomic E-state index is 12.6. The average Bonchev–Trinajstić information content (AvgIpc) is 3.01. The van der Waals surface area contributed by atoms with E-state index < -0.39 is 0 Å². The highest BCUT2D eigenvalue weighted by Gasteiger charge is 2.14. The number of aromatic nitrogens is 1. The third-order valence-corrected chi connectivity index (χ3v) is 5.67. The first kappa shape index (κ1) is 20.8. The Morgan fingerprint density at radius 3 is 2.52 bits per heavy atom. The summed E-state index contributed by atoms with van der Waals surface area (Å²) >= 11 is 1.41. The molecule has 0 aliphatic rings. The Balaban J connectivity index is 1.97. The lowest BCUT2D eigenvalue weighted by atomic mass is 10.1. The molecule has 0 saturated carbocycles. The fourth-order valence-electron chi connectivity index (χ4n) is 3.14. The third kappa shape index (κ3) is 4.92. The lowest BCUT2D eigenvalue weighted by Crippen LogP contribution is -2.22. The number of rotatable bonds is 6. The van der Waals surface area contributed by atoms with E-state index in [-0.39, 0.29) is 24.8 Å². The van der Waals surface area contributed by atoms with Crippen LogP contribution in [-0.2, 0) is 27.3 Å². The minimum atomic E-state index is -0.385. The molecule has 0 bridgehead atoms. The van der Waals surface area contributed by atoms with Crippen molar-refractivity contribution in [2.24, 2.45) is 4.99 Å². The maximum Gasteiger partial charge on any atom is 0.325 e. The van der Waals surface area contributed by atoms with Crippen molar-refractivity contribution in [1.29, 1.82) is 0 Å². The Labute approximate surface area is 173 Å². The van der Waals surface area contributed by atoms with Crippen molar-refractivity contribution >= 4 is 33.4 Å². The van der Waals surface area contributed by atoms with E-state index in [2.05, 4.69) is 11.1 Å². The molecule has 3 aromatic rings. The molecule has 0 saturated heterocycles. The first-order chi connectivity index (χ1) is 13.9. The predicted octanol–water partition coefficient (Wildman–Crippen LogP) is 3.56. The van der Waals surface area contributed by atoms with Gasteiger partial charge in [0.05, 0.1) is 30.4 Å². The van der Waals surface area contributed by atoms with Gasteiger partial charge >= 0.3 is 5.97 Å². The van der Waals surface area contributed by atoms with Crippen molar-refractivity contribution in [3.05, 3.63) is 57.9 Å². The maximum atomic E-state index is 12.6. The van der Waals surface area contributed by atoms with Gasteiger partial charge in [-0.15, -0.1) is 0 Å². The molecule has 1 heterocycles. The van der Waals surface area contributed by atoms with Crippen molar-refractivity contribution < 1.29 is 19.1 Å². The van der Waals surface area contributed by atoms with Gasteiger partial charge in [-0.1, -0.05) is 29.5 Å². The molecule has 0 N–H and O–H groups in total. The predicted molar refractivity (Wildman–Crippen MR) is 113 cm³/mol. The summed E-state index contributed by atoms with van der Waals surface area (Å²) in [4.78, 5) is 29.3. The van der Waals surface area contributed by atoms with Crippen LogP contribution in [0.2, 0.25) is 0 Å². The first-order valence-electron chi connectivity index (χ1n) is 9.38. The highest BCUT2D eigenvalue weighted by Crippen LogP contribution is 2.23. The molecule has 7 heteroatoms. The summed E-state index contributed by atoms with van der Waals surface area (Å²) in [7, 11) is 1.35. The molecular weight excluding hydrogens is 388 g/mol. The molecule has 0 aliphatic heterocycles. The highest BCUT2D eigenvalue weighted by molar-refractivity contribution is 7.16. The zero-order valence-corrected chi connectivity index (χ0v) is 17.8. The summed E-state index contributed by atoms with van der Waals surface area (Å²) in [5, 5.41) is 0. The zero-order chi connectivity index (χ0) is 21.0. The fourth-order valence-corrected chi connectivity index (χ4v) is 4.23. The van der Waals surface area contributed by atoms with Gasteiger partial charge < -0.3 is 14.0 Å². The first-order valence-corrected chi connectivity index (χ1v) is 10.2. The lowest BCUT2D eigenvalue weighted by molar-refractivity contribution is -0.141. The van der Waals surface area contributed by atoms with Crippen LogP contribution in [-0.4, -0.2) is 30.2 Å². The van der Waals surface area contributed by atoms with Crippen molar-refractivity contribution in [1.82, 2.24) is 4.57 Å². The Kier molecular flexibility index (Phi) is 6.49. The quantitative estimate of drug-likeness (QED) is 0.581. The summed E-state index contributed by atoms with van der Waals surface area (Å²) in [6.07, 6.45) is 0.177. The van der Waals surface area contributed by atoms with E-state index in [1.165, 1.54) is 18.4 Å². The van der Waals surface area contributed by atoms with Crippen LogP contribution >= 0.6 is 11.3 Å². The van der Waals surface area contributed by atoms with E-state index in [1.54, 1.807) is 4.57 Å². The highest BCUT2D eigenvalue weighted by atomic mass is 32.1. The molecule has 152 valence electrons. The number of aryl methyl sites for hydroxylation is 2. The normalized spacial score (nSPS) is 11.7. The molecule has 3 rings (SSSR count). The molecule has 0 radical (unpaired) electrons. The van der Waals surface area contributed by atoms with Crippen molar-refractivity contribution in [3.63, 3.8) is 0 Å². The Morgan fingerprint density at radius 1 is 1.14 bits per heavy atom. The number of fused-ring (bicyclic) bond motifs is 1. The Bertz CT molecular complexity index is 1110. The molecule has 0 spiro atoms. The number of ether oxygens (including phenoxy) is 2. The smallest absolute Gasteiger partial charge is 0.325 e. The molecule has 29 heavy (non-hydrogen) atoms. The van der Waals surface area contributed by atoms with Crippen LogP contribution in [0.15, 0.2) is 41.4 Å². The number of nitrogens with zero attached hydrogens (tertiary/aromatic N) is 2. The van der Waals surface area contributed by atoms with Crippen molar-refractivity contribution in [2.75, 3.05) is 13.7 Å². The molecular formula is C22H24N2O4S. The molecule has 0 aliphatic carbocycles. The van der Waals surface area contributed by atoms with E-state index in [9.17, 15) is 9.59 Å². The van der Waals surface area contributed by atoms with Gasteiger partial charge in [0.2, 0.25) is 0 Å². The van der Waals surface area contributed by atoms with Gasteiger partial charge in [-0.05, 0) is 55.7 Å². The van der Waals surface area contributed by atoms with Gasteiger partial charge in [0.1, 0.15) is 12.3 Å². The van der Waals surface area contributed by atoms with Crippen LogP contribution in [0.4, 0.5) is 0 Å². The van der Waals surface area contributed by atoms with Crippen LogP contribution in [0, 0.1) is 13.8 Å². The van der Waals surface area contributed by atoms with Gasteiger partial charge in [0.25, 0.3) is 5.91 Å². The molecule has 2 aromatic carbocycles.